The van der Waals surface area contributed by atoms with Gasteiger partial charge in [-0.05, 0) is 37.1 Å². The maximum absolute atomic E-state index is 9.38. The first kappa shape index (κ1) is 14.6. The van der Waals surface area contributed by atoms with E-state index in [1.54, 1.807) is 6.20 Å². The molecular formula is C17H14N6S. The van der Waals surface area contributed by atoms with E-state index in [0.717, 1.165) is 46.3 Å². The number of aromatic nitrogens is 3. The fourth-order valence-electron chi connectivity index (χ4n) is 2.75. The SMILES string of the molecule is Cc1csc(Nc2nccc(-c3cc(C#N)c4c(c3)CCN4)n2)n1. The highest BCUT2D eigenvalue weighted by Crippen LogP contribution is 2.32. The van der Waals surface area contributed by atoms with Crippen LogP contribution in [0.2, 0.25) is 0 Å². The molecule has 0 spiro atoms. The minimum atomic E-state index is 0.499. The molecule has 2 N–H and O–H groups in total. The number of nitrogens with zero attached hydrogens (tertiary/aromatic N) is 4. The number of thiazole rings is 1. The molecule has 1 aliphatic heterocycles. The highest BCUT2D eigenvalue weighted by atomic mass is 32.1. The lowest BCUT2D eigenvalue weighted by molar-refractivity contribution is 1.10. The first-order valence-electron chi connectivity index (χ1n) is 7.56. The van der Waals surface area contributed by atoms with Crippen molar-refractivity contribution < 1.29 is 0 Å². The van der Waals surface area contributed by atoms with Crippen molar-refractivity contribution in [3.05, 3.63) is 46.6 Å². The van der Waals surface area contributed by atoms with Gasteiger partial charge in [-0.1, -0.05) is 0 Å². The fourth-order valence-corrected chi connectivity index (χ4v) is 3.43. The zero-order valence-corrected chi connectivity index (χ0v) is 13.8. The van der Waals surface area contributed by atoms with Crippen LogP contribution in [0.3, 0.4) is 0 Å². The van der Waals surface area contributed by atoms with Crippen LogP contribution in [0, 0.1) is 18.3 Å². The van der Waals surface area contributed by atoms with Crippen molar-refractivity contribution >= 4 is 28.1 Å². The smallest absolute Gasteiger partial charge is 0.229 e. The van der Waals surface area contributed by atoms with Gasteiger partial charge < -0.3 is 10.6 Å². The minimum absolute atomic E-state index is 0.499. The van der Waals surface area contributed by atoms with Gasteiger partial charge in [-0.15, -0.1) is 11.3 Å². The molecule has 0 radical (unpaired) electrons. The van der Waals surface area contributed by atoms with Gasteiger partial charge in [0.05, 0.1) is 22.6 Å². The molecule has 0 saturated carbocycles. The first-order valence-corrected chi connectivity index (χ1v) is 8.44. The fraction of sp³-hybridized carbons (Fsp3) is 0.176. The van der Waals surface area contributed by atoms with Gasteiger partial charge >= 0.3 is 0 Å². The zero-order chi connectivity index (χ0) is 16.5. The van der Waals surface area contributed by atoms with E-state index in [2.05, 4.69) is 37.7 Å². The van der Waals surface area contributed by atoms with Crippen molar-refractivity contribution in [1.29, 1.82) is 5.26 Å². The molecular weight excluding hydrogens is 320 g/mol. The quantitative estimate of drug-likeness (QED) is 0.762. The maximum atomic E-state index is 9.38. The van der Waals surface area contributed by atoms with Crippen LogP contribution in [0.1, 0.15) is 16.8 Å². The lowest BCUT2D eigenvalue weighted by Crippen LogP contribution is -1.98. The molecule has 6 nitrogen and oxygen atoms in total. The second kappa shape index (κ2) is 5.91. The zero-order valence-electron chi connectivity index (χ0n) is 13.0. The Morgan fingerprint density at radius 3 is 3.04 bits per heavy atom. The summed E-state index contributed by atoms with van der Waals surface area (Å²) in [6.07, 6.45) is 2.63. The molecule has 0 aliphatic carbocycles. The third-order valence-electron chi connectivity index (χ3n) is 3.83. The van der Waals surface area contributed by atoms with Gasteiger partial charge in [0.1, 0.15) is 6.07 Å². The van der Waals surface area contributed by atoms with E-state index in [-0.39, 0.29) is 0 Å². The second-order valence-corrected chi connectivity index (χ2v) is 6.39. The Hall–Kier alpha value is -2.98. The van der Waals surface area contributed by atoms with E-state index >= 15 is 0 Å². The van der Waals surface area contributed by atoms with E-state index in [1.807, 2.05) is 24.4 Å². The van der Waals surface area contributed by atoms with E-state index < -0.39 is 0 Å². The summed E-state index contributed by atoms with van der Waals surface area (Å²) in [4.78, 5) is 13.2. The van der Waals surface area contributed by atoms with Gasteiger partial charge in [0.15, 0.2) is 5.13 Å². The van der Waals surface area contributed by atoms with Crippen LogP contribution in [0.25, 0.3) is 11.3 Å². The molecule has 0 atom stereocenters. The van der Waals surface area contributed by atoms with E-state index in [9.17, 15) is 5.26 Å². The van der Waals surface area contributed by atoms with Crippen molar-refractivity contribution in [3.63, 3.8) is 0 Å². The standard InChI is InChI=1S/C17H14N6S/c1-10-9-24-17(21-10)23-16-20-5-3-14(22-16)12-6-11-2-4-19-15(11)13(7-12)8-18/h3,5-7,9,19H,2,4H2,1H3,(H,20,21,22,23). The molecule has 2 aromatic heterocycles. The van der Waals surface area contributed by atoms with Crippen LogP contribution in [-0.4, -0.2) is 21.5 Å². The predicted molar refractivity (Wildman–Crippen MR) is 94.5 cm³/mol. The Morgan fingerprint density at radius 1 is 1.33 bits per heavy atom. The van der Waals surface area contributed by atoms with Crippen molar-refractivity contribution in [3.8, 4) is 17.3 Å². The Balaban J connectivity index is 1.70. The normalized spacial score (nSPS) is 12.3. The molecule has 3 aromatic rings. The summed E-state index contributed by atoms with van der Waals surface area (Å²) in [5.74, 6) is 0.499. The second-order valence-electron chi connectivity index (χ2n) is 5.53. The molecule has 0 amide bonds. The van der Waals surface area contributed by atoms with Crippen LogP contribution in [0.15, 0.2) is 29.8 Å². The van der Waals surface area contributed by atoms with Crippen LogP contribution in [0.4, 0.5) is 16.8 Å². The summed E-state index contributed by atoms with van der Waals surface area (Å²) in [5, 5.41) is 18.5. The third kappa shape index (κ3) is 2.68. The van der Waals surface area contributed by atoms with Gasteiger partial charge in [-0.3, -0.25) is 0 Å². The highest BCUT2D eigenvalue weighted by molar-refractivity contribution is 7.13. The van der Waals surface area contributed by atoms with Gasteiger partial charge in [0.2, 0.25) is 5.95 Å². The summed E-state index contributed by atoms with van der Waals surface area (Å²) in [7, 11) is 0. The molecule has 4 rings (SSSR count). The van der Waals surface area contributed by atoms with E-state index in [0.29, 0.717) is 11.5 Å². The molecule has 0 saturated heterocycles. The molecule has 0 bridgehead atoms. The Morgan fingerprint density at radius 2 is 2.25 bits per heavy atom. The van der Waals surface area contributed by atoms with Crippen LogP contribution in [-0.2, 0) is 6.42 Å². The molecule has 24 heavy (non-hydrogen) atoms. The van der Waals surface area contributed by atoms with E-state index in [1.165, 1.54) is 11.3 Å². The molecule has 118 valence electrons. The van der Waals surface area contributed by atoms with Gasteiger partial charge in [0.25, 0.3) is 0 Å². The topological polar surface area (TPSA) is 86.5 Å². The number of rotatable bonds is 3. The van der Waals surface area contributed by atoms with Crippen molar-refractivity contribution in [2.24, 2.45) is 0 Å². The summed E-state index contributed by atoms with van der Waals surface area (Å²) in [6, 6.07) is 8.08. The van der Waals surface area contributed by atoms with Crippen molar-refractivity contribution in [2.45, 2.75) is 13.3 Å². The average Bonchev–Trinajstić information content (AvgIpc) is 3.23. The summed E-state index contributed by atoms with van der Waals surface area (Å²) in [5.41, 5.74) is 5.44. The molecule has 7 heteroatoms. The van der Waals surface area contributed by atoms with Crippen LogP contribution < -0.4 is 10.6 Å². The van der Waals surface area contributed by atoms with Crippen molar-refractivity contribution in [1.82, 2.24) is 15.0 Å². The number of hydrogen-bond donors (Lipinski definition) is 2. The molecule has 3 heterocycles. The number of fused-ring (bicyclic) bond motifs is 1. The minimum Gasteiger partial charge on any atom is -0.383 e. The maximum Gasteiger partial charge on any atom is 0.229 e. The lowest BCUT2D eigenvalue weighted by atomic mass is 10.0. The monoisotopic (exact) mass is 334 g/mol. The third-order valence-corrected chi connectivity index (χ3v) is 4.70. The highest BCUT2D eigenvalue weighted by Gasteiger charge is 2.17. The summed E-state index contributed by atoms with van der Waals surface area (Å²) in [6.45, 7) is 2.81. The Kier molecular flexibility index (Phi) is 3.59. The number of aryl methyl sites for hydroxylation is 1. The van der Waals surface area contributed by atoms with Crippen LogP contribution >= 0.6 is 11.3 Å². The Labute approximate surface area is 143 Å². The first-order chi connectivity index (χ1) is 11.7. The molecule has 1 aromatic carbocycles. The average molecular weight is 334 g/mol. The number of benzene rings is 1. The van der Waals surface area contributed by atoms with Crippen LogP contribution in [0.5, 0.6) is 0 Å². The Bertz CT molecular complexity index is 956. The molecule has 0 unspecified atom stereocenters. The van der Waals surface area contributed by atoms with Gasteiger partial charge in [-0.25, -0.2) is 15.0 Å². The number of nitriles is 1. The van der Waals surface area contributed by atoms with Gasteiger partial charge in [-0.2, -0.15) is 5.26 Å². The summed E-state index contributed by atoms with van der Waals surface area (Å²) >= 11 is 1.51. The summed E-state index contributed by atoms with van der Waals surface area (Å²) < 4.78 is 0. The lowest BCUT2D eigenvalue weighted by Gasteiger charge is -2.08. The van der Waals surface area contributed by atoms with Crippen molar-refractivity contribution in [2.75, 3.05) is 17.2 Å². The number of hydrogen-bond acceptors (Lipinski definition) is 7. The number of nitrogens with one attached hydrogen (secondary N) is 2. The largest absolute Gasteiger partial charge is 0.383 e. The molecule has 0 fully saturated rings. The molecule has 1 aliphatic rings. The predicted octanol–water partition coefficient (Wildman–Crippen LogP) is 3.49. The number of anilines is 3. The van der Waals surface area contributed by atoms with E-state index in [4.69, 9.17) is 0 Å². The van der Waals surface area contributed by atoms with Gasteiger partial charge in [0, 0.05) is 23.7 Å².